The molecule has 0 amide bonds. The Hall–Kier alpha value is -2.29. The van der Waals surface area contributed by atoms with Crippen molar-refractivity contribution in [3.8, 4) is 5.88 Å². The summed E-state index contributed by atoms with van der Waals surface area (Å²) in [4.78, 5) is 4.58. The molecule has 0 unspecified atom stereocenters. The van der Waals surface area contributed by atoms with E-state index in [0.29, 0.717) is 5.92 Å². The average molecular weight is 334 g/mol. The molecule has 1 saturated carbocycles. The smallest absolute Gasteiger partial charge is 0.238 e. The number of rotatable bonds is 5. The molecule has 3 heteroatoms. The number of ether oxygens (including phenoxy) is 1. The van der Waals surface area contributed by atoms with Crippen molar-refractivity contribution < 1.29 is 4.74 Å². The summed E-state index contributed by atoms with van der Waals surface area (Å²) in [5.41, 5.74) is 5.05. The number of aromatic nitrogens is 2. The first kappa shape index (κ1) is 16.2. The first-order valence-corrected chi connectivity index (χ1v) is 9.35. The van der Waals surface area contributed by atoms with Crippen molar-refractivity contribution >= 4 is 10.9 Å². The maximum Gasteiger partial charge on any atom is 0.238 e. The van der Waals surface area contributed by atoms with Crippen molar-refractivity contribution in [2.24, 2.45) is 5.92 Å². The Kier molecular flexibility index (Phi) is 4.48. The van der Waals surface area contributed by atoms with Crippen LogP contribution in [0.15, 0.2) is 42.6 Å². The van der Waals surface area contributed by atoms with Gasteiger partial charge in [-0.1, -0.05) is 43.2 Å². The lowest BCUT2D eigenvalue weighted by atomic mass is 10.1. The molecule has 1 aromatic carbocycles. The Bertz CT molecular complexity index is 861. The van der Waals surface area contributed by atoms with Crippen molar-refractivity contribution in [2.45, 2.75) is 46.1 Å². The van der Waals surface area contributed by atoms with Crippen LogP contribution in [0.4, 0.5) is 0 Å². The monoisotopic (exact) mass is 334 g/mol. The molecule has 0 bridgehead atoms. The van der Waals surface area contributed by atoms with Gasteiger partial charge in [-0.3, -0.25) is 0 Å². The molecule has 0 spiro atoms. The largest absolute Gasteiger partial charge is 0.476 e. The van der Waals surface area contributed by atoms with E-state index in [1.807, 2.05) is 6.20 Å². The lowest BCUT2D eigenvalue weighted by Gasteiger charge is -2.14. The minimum absolute atomic E-state index is 0.691. The molecule has 0 atom stereocenters. The van der Waals surface area contributed by atoms with Crippen LogP contribution in [0, 0.1) is 19.8 Å². The fourth-order valence-corrected chi connectivity index (χ4v) is 4.01. The highest BCUT2D eigenvalue weighted by atomic mass is 16.5. The number of hydrogen-bond acceptors (Lipinski definition) is 2. The van der Waals surface area contributed by atoms with Crippen molar-refractivity contribution in [2.75, 3.05) is 6.61 Å². The normalized spacial score (nSPS) is 15.1. The molecular formula is C22H26N2O. The number of benzene rings is 1. The van der Waals surface area contributed by atoms with Crippen molar-refractivity contribution in [3.05, 3.63) is 59.4 Å². The van der Waals surface area contributed by atoms with Crippen LogP contribution in [-0.2, 0) is 6.54 Å². The van der Waals surface area contributed by atoms with Crippen LogP contribution >= 0.6 is 0 Å². The molecule has 0 radical (unpaired) electrons. The third-order valence-electron chi connectivity index (χ3n) is 5.63. The topological polar surface area (TPSA) is 27.1 Å². The molecule has 4 rings (SSSR count). The summed E-state index contributed by atoms with van der Waals surface area (Å²) in [6, 6.07) is 12.7. The minimum Gasteiger partial charge on any atom is -0.476 e. The molecule has 1 aliphatic rings. The van der Waals surface area contributed by atoms with E-state index in [-0.39, 0.29) is 0 Å². The zero-order valence-electron chi connectivity index (χ0n) is 15.2. The minimum atomic E-state index is 0.691. The van der Waals surface area contributed by atoms with Gasteiger partial charge in [0, 0.05) is 23.8 Å². The molecular weight excluding hydrogens is 308 g/mol. The SMILES string of the molecule is Cc1c(C)n(Cc2ccccc2)c2c(OCC3CCCC3)nccc12. The predicted octanol–water partition coefficient (Wildman–Crippen LogP) is 5.27. The van der Waals surface area contributed by atoms with Gasteiger partial charge in [-0.15, -0.1) is 0 Å². The van der Waals surface area contributed by atoms with Gasteiger partial charge in [0.1, 0.15) is 5.52 Å². The van der Waals surface area contributed by atoms with E-state index in [1.165, 1.54) is 47.9 Å². The van der Waals surface area contributed by atoms with Gasteiger partial charge in [0.15, 0.2) is 0 Å². The molecule has 2 heterocycles. The van der Waals surface area contributed by atoms with E-state index in [2.05, 4.69) is 59.8 Å². The van der Waals surface area contributed by atoms with E-state index in [4.69, 9.17) is 4.74 Å². The van der Waals surface area contributed by atoms with Crippen LogP contribution in [-0.4, -0.2) is 16.2 Å². The molecule has 3 nitrogen and oxygen atoms in total. The van der Waals surface area contributed by atoms with Crippen LogP contribution < -0.4 is 4.74 Å². The van der Waals surface area contributed by atoms with Gasteiger partial charge in [0.25, 0.3) is 0 Å². The molecule has 3 aromatic rings. The Labute approximate surface area is 149 Å². The zero-order valence-corrected chi connectivity index (χ0v) is 15.2. The molecule has 130 valence electrons. The van der Waals surface area contributed by atoms with E-state index in [9.17, 15) is 0 Å². The highest BCUT2D eigenvalue weighted by Gasteiger charge is 2.19. The summed E-state index contributed by atoms with van der Waals surface area (Å²) in [7, 11) is 0. The highest BCUT2D eigenvalue weighted by Crippen LogP contribution is 2.32. The average Bonchev–Trinajstić information content (AvgIpc) is 3.24. The quantitative estimate of drug-likeness (QED) is 0.635. The number of hydrogen-bond donors (Lipinski definition) is 0. The second kappa shape index (κ2) is 6.91. The molecule has 0 aliphatic heterocycles. The molecule has 1 aliphatic carbocycles. The number of pyridine rings is 1. The van der Waals surface area contributed by atoms with Crippen LogP contribution in [0.25, 0.3) is 10.9 Å². The van der Waals surface area contributed by atoms with E-state index in [1.54, 1.807) is 0 Å². The van der Waals surface area contributed by atoms with E-state index < -0.39 is 0 Å². The van der Waals surface area contributed by atoms with Crippen molar-refractivity contribution in [3.63, 3.8) is 0 Å². The molecule has 1 fully saturated rings. The lowest BCUT2D eigenvalue weighted by molar-refractivity contribution is 0.245. The van der Waals surface area contributed by atoms with E-state index in [0.717, 1.165) is 24.5 Å². The summed E-state index contributed by atoms with van der Waals surface area (Å²) < 4.78 is 8.58. The number of fused-ring (bicyclic) bond motifs is 1. The Morgan fingerprint density at radius 2 is 1.84 bits per heavy atom. The van der Waals surface area contributed by atoms with Crippen LogP contribution in [0.1, 0.15) is 42.5 Å². The van der Waals surface area contributed by atoms with Crippen molar-refractivity contribution in [1.82, 2.24) is 9.55 Å². The Morgan fingerprint density at radius 1 is 1.08 bits per heavy atom. The molecule has 25 heavy (non-hydrogen) atoms. The third-order valence-corrected chi connectivity index (χ3v) is 5.63. The third kappa shape index (κ3) is 3.15. The lowest BCUT2D eigenvalue weighted by Crippen LogP contribution is -2.10. The van der Waals surface area contributed by atoms with Gasteiger partial charge < -0.3 is 9.30 Å². The van der Waals surface area contributed by atoms with Gasteiger partial charge in [-0.05, 0) is 49.8 Å². The first-order chi connectivity index (χ1) is 12.2. The van der Waals surface area contributed by atoms with Gasteiger partial charge >= 0.3 is 0 Å². The fraction of sp³-hybridized carbons (Fsp3) is 0.409. The van der Waals surface area contributed by atoms with Gasteiger partial charge in [0.05, 0.1) is 6.61 Å². The van der Waals surface area contributed by atoms with E-state index >= 15 is 0 Å². The summed E-state index contributed by atoms with van der Waals surface area (Å²) in [6.07, 6.45) is 7.15. The molecule has 0 saturated heterocycles. The fourth-order valence-electron chi connectivity index (χ4n) is 4.01. The maximum absolute atomic E-state index is 6.22. The first-order valence-electron chi connectivity index (χ1n) is 9.35. The Balaban J connectivity index is 1.71. The van der Waals surface area contributed by atoms with Crippen LogP contribution in [0.2, 0.25) is 0 Å². The molecule has 0 N–H and O–H groups in total. The van der Waals surface area contributed by atoms with Crippen LogP contribution in [0.5, 0.6) is 5.88 Å². The summed E-state index contributed by atoms with van der Waals surface area (Å²) in [5.74, 6) is 1.48. The number of aryl methyl sites for hydroxylation is 1. The second-order valence-electron chi connectivity index (χ2n) is 7.26. The summed E-state index contributed by atoms with van der Waals surface area (Å²) >= 11 is 0. The standard InChI is InChI=1S/C22H26N2O/c1-16-17(2)24(14-18-8-4-3-5-9-18)21-20(16)12-13-23-22(21)25-15-19-10-6-7-11-19/h3-5,8-9,12-13,19H,6-7,10-11,14-15H2,1-2H3. The highest BCUT2D eigenvalue weighted by molar-refractivity contribution is 5.89. The maximum atomic E-state index is 6.22. The van der Waals surface area contributed by atoms with Crippen molar-refractivity contribution in [1.29, 1.82) is 0 Å². The summed E-state index contributed by atoms with van der Waals surface area (Å²) in [5, 5.41) is 1.25. The second-order valence-corrected chi connectivity index (χ2v) is 7.26. The summed E-state index contributed by atoms with van der Waals surface area (Å²) in [6.45, 7) is 6.03. The predicted molar refractivity (Wildman–Crippen MR) is 102 cm³/mol. The van der Waals surface area contributed by atoms with Gasteiger partial charge in [-0.2, -0.15) is 0 Å². The van der Waals surface area contributed by atoms with Crippen LogP contribution in [0.3, 0.4) is 0 Å². The van der Waals surface area contributed by atoms with Gasteiger partial charge in [-0.25, -0.2) is 4.98 Å². The van der Waals surface area contributed by atoms with Gasteiger partial charge in [0.2, 0.25) is 5.88 Å². The molecule has 2 aromatic heterocycles. The number of nitrogens with zero attached hydrogens (tertiary/aromatic N) is 2. The zero-order chi connectivity index (χ0) is 17.2. The Morgan fingerprint density at radius 3 is 2.60 bits per heavy atom.